The summed E-state index contributed by atoms with van der Waals surface area (Å²) in [6.07, 6.45) is 1.51. The van der Waals surface area contributed by atoms with E-state index in [1.165, 1.54) is 6.07 Å². The zero-order chi connectivity index (χ0) is 14.0. The van der Waals surface area contributed by atoms with Gasteiger partial charge in [-0.1, -0.05) is 6.07 Å². The molecule has 0 aromatic heterocycles. The third-order valence-electron chi connectivity index (χ3n) is 3.27. The number of nitrogens with one attached hydrogen (secondary N) is 2. The van der Waals surface area contributed by atoms with Crippen LogP contribution in [0.25, 0.3) is 0 Å². The summed E-state index contributed by atoms with van der Waals surface area (Å²) >= 11 is 0. The normalized spacial score (nSPS) is 24.4. The maximum atomic E-state index is 13.5. The molecule has 1 aliphatic heterocycles. The topological polar surface area (TPSA) is 58.2 Å². The van der Waals surface area contributed by atoms with Crippen LogP contribution in [0.3, 0.4) is 0 Å². The van der Waals surface area contributed by atoms with Gasteiger partial charge >= 0.3 is 0 Å². The van der Waals surface area contributed by atoms with Crippen molar-refractivity contribution in [1.29, 1.82) is 0 Å². The smallest absolute Gasteiger partial charge is 0.243 e. The van der Waals surface area contributed by atoms with E-state index in [1.54, 1.807) is 0 Å². The Bertz CT molecular complexity index is 563. The fourth-order valence-electron chi connectivity index (χ4n) is 2.16. The van der Waals surface area contributed by atoms with Crippen LogP contribution in [0.2, 0.25) is 0 Å². The molecule has 2 unspecified atom stereocenters. The molecule has 1 aromatic rings. The van der Waals surface area contributed by atoms with Gasteiger partial charge in [-0.25, -0.2) is 21.9 Å². The summed E-state index contributed by atoms with van der Waals surface area (Å²) in [5, 5.41) is 3.14. The summed E-state index contributed by atoms with van der Waals surface area (Å²) in [7, 11) is -4.05. The Labute approximate surface area is 111 Å². The second kappa shape index (κ2) is 5.52. The highest BCUT2D eigenvalue weighted by molar-refractivity contribution is 7.89. The maximum absolute atomic E-state index is 13.5. The van der Waals surface area contributed by atoms with E-state index >= 15 is 0 Å². The summed E-state index contributed by atoms with van der Waals surface area (Å²) in [6.45, 7) is 2.68. The van der Waals surface area contributed by atoms with Crippen LogP contribution in [0.4, 0.5) is 8.78 Å². The van der Waals surface area contributed by atoms with Crippen LogP contribution in [-0.4, -0.2) is 27.0 Å². The Morgan fingerprint density at radius 1 is 1.37 bits per heavy atom. The van der Waals surface area contributed by atoms with Crippen LogP contribution in [-0.2, 0) is 10.0 Å². The number of benzene rings is 1. The SMILES string of the molecule is CC1NCCCC1NS(=O)(=O)c1cccc(F)c1F. The highest BCUT2D eigenvalue weighted by atomic mass is 32.2. The molecule has 2 atom stereocenters. The lowest BCUT2D eigenvalue weighted by Gasteiger charge is -2.30. The van der Waals surface area contributed by atoms with Crippen LogP contribution in [0.5, 0.6) is 0 Å². The van der Waals surface area contributed by atoms with Gasteiger partial charge in [0.05, 0.1) is 0 Å². The largest absolute Gasteiger partial charge is 0.313 e. The van der Waals surface area contributed by atoms with Crippen LogP contribution in [0.15, 0.2) is 23.1 Å². The lowest BCUT2D eigenvalue weighted by atomic mass is 10.0. The third-order valence-corrected chi connectivity index (χ3v) is 4.78. The summed E-state index contributed by atoms with van der Waals surface area (Å²) < 4.78 is 53.2. The second-order valence-electron chi connectivity index (χ2n) is 4.66. The van der Waals surface area contributed by atoms with Crippen molar-refractivity contribution in [3.8, 4) is 0 Å². The Morgan fingerprint density at radius 3 is 2.79 bits per heavy atom. The Hall–Kier alpha value is -1.05. The van der Waals surface area contributed by atoms with Gasteiger partial charge in [0.2, 0.25) is 10.0 Å². The number of halogens is 2. The summed E-state index contributed by atoms with van der Waals surface area (Å²) in [4.78, 5) is -0.648. The van der Waals surface area contributed by atoms with E-state index in [9.17, 15) is 17.2 Å². The standard InChI is InChI=1S/C12H16F2N2O2S/c1-8-10(5-3-7-15-8)16-19(17,18)11-6-2-4-9(13)12(11)14/h2,4,6,8,10,15-16H,3,5,7H2,1H3. The molecule has 0 spiro atoms. The van der Waals surface area contributed by atoms with Gasteiger partial charge in [0.25, 0.3) is 0 Å². The van der Waals surface area contributed by atoms with Crippen LogP contribution >= 0.6 is 0 Å². The predicted octanol–water partition coefficient (Wildman–Crippen LogP) is 1.38. The highest BCUT2D eigenvalue weighted by Crippen LogP contribution is 2.19. The minimum Gasteiger partial charge on any atom is -0.313 e. The van der Waals surface area contributed by atoms with Gasteiger partial charge in [-0.3, -0.25) is 0 Å². The van der Waals surface area contributed by atoms with E-state index < -0.39 is 26.6 Å². The van der Waals surface area contributed by atoms with Crippen LogP contribution in [0.1, 0.15) is 19.8 Å². The molecule has 7 heteroatoms. The molecule has 19 heavy (non-hydrogen) atoms. The summed E-state index contributed by atoms with van der Waals surface area (Å²) in [5.41, 5.74) is 0. The fourth-order valence-corrected chi connectivity index (χ4v) is 3.60. The molecule has 106 valence electrons. The molecule has 1 saturated heterocycles. The van der Waals surface area contributed by atoms with Crippen molar-refractivity contribution in [1.82, 2.24) is 10.0 Å². The number of rotatable bonds is 3. The zero-order valence-corrected chi connectivity index (χ0v) is 11.3. The van der Waals surface area contributed by atoms with Gasteiger partial charge in [-0.2, -0.15) is 0 Å². The van der Waals surface area contributed by atoms with Crippen LogP contribution < -0.4 is 10.0 Å². The number of piperidine rings is 1. The molecule has 1 fully saturated rings. The predicted molar refractivity (Wildman–Crippen MR) is 67.2 cm³/mol. The van der Waals surface area contributed by atoms with E-state index in [0.29, 0.717) is 6.42 Å². The lowest BCUT2D eigenvalue weighted by Crippen LogP contribution is -2.51. The van der Waals surface area contributed by atoms with Gasteiger partial charge in [0, 0.05) is 12.1 Å². The molecule has 0 radical (unpaired) electrons. The molecular formula is C12H16F2N2O2S. The van der Waals surface area contributed by atoms with E-state index in [2.05, 4.69) is 10.0 Å². The maximum Gasteiger partial charge on any atom is 0.243 e. The highest BCUT2D eigenvalue weighted by Gasteiger charge is 2.28. The first-order valence-corrected chi connectivity index (χ1v) is 7.60. The van der Waals surface area contributed by atoms with Gasteiger partial charge in [-0.15, -0.1) is 0 Å². The first-order chi connectivity index (χ1) is 8.92. The van der Waals surface area contributed by atoms with Crippen molar-refractivity contribution in [2.24, 2.45) is 0 Å². The minimum atomic E-state index is -4.05. The Balaban J connectivity index is 2.25. The van der Waals surface area contributed by atoms with Crippen LogP contribution in [0, 0.1) is 11.6 Å². The zero-order valence-electron chi connectivity index (χ0n) is 10.5. The molecule has 0 bridgehead atoms. The average molecular weight is 290 g/mol. The molecule has 4 nitrogen and oxygen atoms in total. The van der Waals surface area contributed by atoms with E-state index in [-0.39, 0.29) is 12.1 Å². The second-order valence-corrected chi connectivity index (χ2v) is 6.35. The Kier molecular flexibility index (Phi) is 4.17. The Morgan fingerprint density at radius 2 is 2.11 bits per heavy atom. The third kappa shape index (κ3) is 3.10. The molecule has 1 aliphatic rings. The summed E-state index contributed by atoms with van der Waals surface area (Å²) in [6, 6.07) is 2.76. The molecule has 1 aromatic carbocycles. The number of sulfonamides is 1. The van der Waals surface area contributed by atoms with Gasteiger partial charge < -0.3 is 5.32 Å². The van der Waals surface area contributed by atoms with Crippen molar-refractivity contribution >= 4 is 10.0 Å². The molecule has 0 saturated carbocycles. The van der Waals surface area contributed by atoms with Gasteiger partial charge in [0.15, 0.2) is 11.6 Å². The molecule has 2 rings (SSSR count). The average Bonchev–Trinajstić information content (AvgIpc) is 2.35. The lowest BCUT2D eigenvalue weighted by molar-refractivity contribution is 0.348. The molecule has 0 amide bonds. The number of hydrogen-bond acceptors (Lipinski definition) is 3. The molecule has 0 aliphatic carbocycles. The summed E-state index contributed by atoms with van der Waals surface area (Å²) in [5.74, 6) is -2.51. The first-order valence-electron chi connectivity index (χ1n) is 6.11. The van der Waals surface area contributed by atoms with E-state index in [1.807, 2.05) is 6.92 Å². The van der Waals surface area contributed by atoms with Gasteiger partial charge in [0.1, 0.15) is 4.90 Å². The molecular weight excluding hydrogens is 274 g/mol. The monoisotopic (exact) mass is 290 g/mol. The van der Waals surface area contributed by atoms with Crippen molar-refractivity contribution in [2.45, 2.75) is 36.7 Å². The van der Waals surface area contributed by atoms with E-state index in [0.717, 1.165) is 25.1 Å². The van der Waals surface area contributed by atoms with E-state index in [4.69, 9.17) is 0 Å². The quantitative estimate of drug-likeness (QED) is 0.884. The van der Waals surface area contributed by atoms with Crippen molar-refractivity contribution in [3.05, 3.63) is 29.8 Å². The number of hydrogen-bond donors (Lipinski definition) is 2. The van der Waals surface area contributed by atoms with Crippen molar-refractivity contribution in [3.63, 3.8) is 0 Å². The molecule has 1 heterocycles. The first kappa shape index (κ1) is 14.4. The van der Waals surface area contributed by atoms with Crippen molar-refractivity contribution in [2.75, 3.05) is 6.54 Å². The minimum absolute atomic E-state index is 0.0415. The van der Waals surface area contributed by atoms with Gasteiger partial charge in [-0.05, 0) is 38.4 Å². The molecule has 2 N–H and O–H groups in total. The fraction of sp³-hybridized carbons (Fsp3) is 0.500. The van der Waals surface area contributed by atoms with Crippen molar-refractivity contribution < 1.29 is 17.2 Å².